The minimum absolute atomic E-state index is 0. The average Bonchev–Trinajstić information content (AvgIpc) is 3.22. The second-order valence-corrected chi connectivity index (χ2v) is 11.1. The second-order valence-electron chi connectivity index (χ2n) is 11.1. The Balaban J connectivity index is 0. The first kappa shape index (κ1) is 55.5. The SMILES string of the molecule is Nc1ccccc1NC(=O)c1cccc(O)c1O.Nc1ccccc1NC(=O)c1cccc(O)c1O.O.O.O=Cc1cccc(O)c1O.O=Cc1cccc(O)c1O.[CH2]=[Fe].[Fe]. The fraction of sp³-hybridized carbons (Fsp3) is 0. The molecule has 0 unspecified atom stereocenters. The molecule has 0 saturated heterocycles. The Labute approximate surface area is 366 Å². The summed E-state index contributed by atoms with van der Waals surface area (Å²) < 4.78 is 0. The molecule has 18 nitrogen and oxygen atoms in total. The predicted octanol–water partition coefficient (Wildman–Crippen LogP) is 4.00. The van der Waals surface area contributed by atoms with Crippen molar-refractivity contribution in [1.82, 2.24) is 0 Å². The van der Waals surface area contributed by atoms with Crippen LogP contribution in [0, 0.1) is 0 Å². The molecule has 0 radical (unpaired) electrons. The number of hydrogen-bond acceptors (Lipinski definition) is 14. The molecule has 0 heterocycles. The molecule has 0 atom stereocenters. The number of nitrogens with one attached hydrogen (secondary N) is 2. The van der Waals surface area contributed by atoms with E-state index < -0.39 is 23.3 Å². The van der Waals surface area contributed by atoms with Gasteiger partial charge < -0.3 is 73.9 Å². The van der Waals surface area contributed by atoms with Crippen molar-refractivity contribution in [3.63, 3.8) is 0 Å². The van der Waals surface area contributed by atoms with Gasteiger partial charge in [0.2, 0.25) is 0 Å². The van der Waals surface area contributed by atoms with E-state index in [0.717, 1.165) is 0 Å². The number of hydrogen-bond donors (Lipinski definition) is 12. The molecule has 326 valence electrons. The molecule has 0 aliphatic carbocycles. The number of anilines is 4. The van der Waals surface area contributed by atoms with Crippen molar-refractivity contribution in [2.24, 2.45) is 0 Å². The number of phenolic OH excluding ortho intramolecular Hbond substituents is 8. The topological polar surface area (TPSA) is 369 Å². The van der Waals surface area contributed by atoms with Gasteiger partial charge in [-0.2, -0.15) is 0 Å². The fourth-order valence-corrected chi connectivity index (χ4v) is 4.32. The first-order valence-corrected chi connectivity index (χ1v) is 17.0. The van der Waals surface area contributed by atoms with E-state index in [9.17, 15) is 39.6 Å². The molecule has 61 heavy (non-hydrogen) atoms. The Bertz CT molecular complexity index is 2210. The molecule has 20 heteroatoms. The third-order valence-corrected chi connectivity index (χ3v) is 7.28. The van der Waals surface area contributed by atoms with Gasteiger partial charge in [0.25, 0.3) is 11.8 Å². The van der Waals surface area contributed by atoms with Crippen LogP contribution in [0.3, 0.4) is 0 Å². The first-order chi connectivity index (χ1) is 27.7. The Morgan fingerprint density at radius 1 is 0.459 bits per heavy atom. The molecular formula is C41H42Fe2N4O14. The standard InChI is InChI=1S/2C13H12N2O3.2C7H6O3.CH2.2Fe.2H2O/c2*14-9-5-1-2-6-10(9)15-13(18)8-4-3-7-11(16)12(8)17;2*8-4-5-2-1-3-6(9)7(5)10;;;;;/h2*1-7,16-17H,14H2,(H,15,18);2*1-4,9-10H;1H2;;;2*1H2. The Kier molecular flexibility index (Phi) is 25.4. The molecule has 0 aliphatic rings. The molecule has 6 aromatic rings. The summed E-state index contributed by atoms with van der Waals surface area (Å²) in [5.74, 6) is -3.95. The molecule has 0 aromatic heterocycles. The van der Waals surface area contributed by atoms with Gasteiger partial charge in [0.05, 0.1) is 45.0 Å². The smallest absolute Gasteiger partial charge is 0 e. The van der Waals surface area contributed by atoms with Crippen molar-refractivity contribution in [2.75, 3.05) is 22.1 Å². The van der Waals surface area contributed by atoms with Crippen molar-refractivity contribution in [3.05, 3.63) is 144 Å². The van der Waals surface area contributed by atoms with E-state index in [0.29, 0.717) is 35.3 Å². The quantitative estimate of drug-likeness (QED) is 0.0486. The Hall–Kier alpha value is -7.57. The summed E-state index contributed by atoms with van der Waals surface area (Å²) in [6, 6.07) is 30.3. The molecular weight excluding hydrogens is 884 g/mol. The summed E-state index contributed by atoms with van der Waals surface area (Å²) in [6.07, 6.45) is 0.962. The number of benzene rings is 6. The maximum absolute atomic E-state index is 11.9. The number of nitrogen functional groups attached to an aromatic ring is 2. The van der Waals surface area contributed by atoms with Gasteiger partial charge >= 0.3 is 21.0 Å². The zero-order valence-corrected chi connectivity index (χ0v) is 33.7. The van der Waals surface area contributed by atoms with Crippen molar-refractivity contribution < 1.29 is 104 Å². The van der Waals surface area contributed by atoms with Crippen LogP contribution in [0.2, 0.25) is 0 Å². The van der Waals surface area contributed by atoms with Gasteiger partial charge in [0.1, 0.15) is 0 Å². The van der Waals surface area contributed by atoms with Gasteiger partial charge in [-0.05, 0) is 72.8 Å². The van der Waals surface area contributed by atoms with Gasteiger partial charge in [-0.3, -0.25) is 19.2 Å². The van der Waals surface area contributed by atoms with Crippen LogP contribution in [0.15, 0.2) is 121 Å². The van der Waals surface area contributed by atoms with Gasteiger partial charge in [-0.1, -0.05) is 48.5 Å². The molecule has 18 N–H and O–H groups in total. The van der Waals surface area contributed by atoms with Crippen LogP contribution in [0.1, 0.15) is 41.4 Å². The maximum Gasteiger partial charge on any atom is 0 e. The molecule has 0 fully saturated rings. The van der Waals surface area contributed by atoms with Crippen molar-refractivity contribution in [2.45, 2.75) is 0 Å². The van der Waals surface area contributed by atoms with Gasteiger partial charge in [-0.25, -0.2) is 0 Å². The van der Waals surface area contributed by atoms with Crippen LogP contribution in [0.4, 0.5) is 22.7 Å². The summed E-state index contributed by atoms with van der Waals surface area (Å²) in [5, 5.41) is 78.4. The normalized spacial score (nSPS) is 9.00. The molecule has 2 amide bonds. The Morgan fingerprint density at radius 2 is 0.738 bits per heavy atom. The van der Waals surface area contributed by atoms with Crippen molar-refractivity contribution in [1.29, 1.82) is 0 Å². The molecule has 0 spiro atoms. The van der Waals surface area contributed by atoms with Gasteiger partial charge in [-0.15, -0.1) is 0 Å². The van der Waals surface area contributed by atoms with E-state index in [1.807, 2.05) is 0 Å². The number of carbonyl (C=O) groups excluding carboxylic acids is 4. The second kappa shape index (κ2) is 28.0. The number of aldehydes is 2. The minimum atomic E-state index is -0.540. The van der Waals surface area contributed by atoms with Crippen LogP contribution < -0.4 is 22.1 Å². The maximum atomic E-state index is 11.9. The molecule has 6 aromatic carbocycles. The molecule has 0 bridgehead atoms. The third-order valence-electron chi connectivity index (χ3n) is 7.28. The van der Waals surface area contributed by atoms with E-state index in [4.69, 9.17) is 31.9 Å². The summed E-state index contributed by atoms with van der Waals surface area (Å²) in [4.78, 5) is 44.0. The minimum Gasteiger partial charge on any atom is 0 e. The van der Waals surface area contributed by atoms with Crippen LogP contribution in [-0.4, -0.2) is 81.6 Å². The molecule has 0 saturated carbocycles. The summed E-state index contributed by atoms with van der Waals surface area (Å²) in [7, 11) is 0. The van der Waals surface area contributed by atoms with Crippen molar-refractivity contribution in [3.8, 4) is 46.0 Å². The van der Waals surface area contributed by atoms with Crippen LogP contribution in [0.25, 0.3) is 0 Å². The van der Waals surface area contributed by atoms with Crippen LogP contribution in [0.5, 0.6) is 46.0 Å². The van der Waals surface area contributed by atoms with Gasteiger partial charge in [0.15, 0.2) is 58.6 Å². The van der Waals surface area contributed by atoms with E-state index in [1.165, 1.54) is 72.8 Å². The number of nitrogens with two attached hydrogens (primary N) is 2. The number of aromatic hydroxyl groups is 8. The summed E-state index contributed by atoms with van der Waals surface area (Å²) >= 11 is 3.00. The zero-order chi connectivity index (χ0) is 43.4. The van der Waals surface area contributed by atoms with Crippen LogP contribution in [-0.2, 0) is 32.6 Å². The van der Waals surface area contributed by atoms with Crippen LogP contribution >= 0.6 is 0 Å². The zero-order valence-electron chi connectivity index (χ0n) is 31.5. The van der Waals surface area contributed by atoms with E-state index in [2.05, 4.69) is 31.6 Å². The fourth-order valence-electron chi connectivity index (χ4n) is 4.32. The molecule has 0 aliphatic heterocycles. The predicted molar refractivity (Wildman–Crippen MR) is 222 cm³/mol. The number of rotatable bonds is 6. The van der Waals surface area contributed by atoms with Crippen molar-refractivity contribution >= 4 is 52.6 Å². The summed E-state index contributed by atoms with van der Waals surface area (Å²) in [6.45, 7) is 0. The molecule has 6 rings (SSSR count). The summed E-state index contributed by atoms with van der Waals surface area (Å²) in [5.41, 5.74) is 16.3. The van der Waals surface area contributed by atoms with E-state index in [1.54, 1.807) is 48.5 Å². The monoisotopic (exact) mass is 926 g/mol. The largest absolute Gasteiger partial charge is 0 e. The number of phenols is 8. The first-order valence-electron chi connectivity index (χ1n) is 16.2. The van der Waals surface area contributed by atoms with E-state index >= 15 is 0 Å². The van der Waals surface area contributed by atoms with E-state index in [-0.39, 0.29) is 84.8 Å². The van der Waals surface area contributed by atoms with Gasteiger partial charge in [0, 0.05) is 17.1 Å². The number of para-hydroxylation sites is 8. The number of carbonyl (C=O) groups is 4. The average molecular weight is 926 g/mol. The number of amides is 2. The third kappa shape index (κ3) is 16.3. The Morgan fingerprint density at radius 3 is 1.02 bits per heavy atom.